The number of aliphatic hydroxyl groups excluding tert-OH is 1. The van der Waals surface area contributed by atoms with E-state index < -0.39 is 0 Å². The summed E-state index contributed by atoms with van der Waals surface area (Å²) in [6.45, 7) is 6.50. The van der Waals surface area contributed by atoms with Crippen molar-refractivity contribution in [3.05, 3.63) is 51.9 Å². The molecule has 124 valence electrons. The Morgan fingerprint density at radius 3 is 2.57 bits per heavy atom. The first-order valence-corrected chi connectivity index (χ1v) is 7.88. The van der Waals surface area contributed by atoms with Gasteiger partial charge in [-0.25, -0.2) is 0 Å². The van der Waals surface area contributed by atoms with E-state index in [1.165, 1.54) is 0 Å². The van der Waals surface area contributed by atoms with Crippen molar-refractivity contribution in [1.82, 2.24) is 4.98 Å². The van der Waals surface area contributed by atoms with E-state index in [9.17, 15) is 4.79 Å². The molecule has 4 heteroatoms. The molecule has 0 amide bonds. The van der Waals surface area contributed by atoms with Crippen LogP contribution >= 0.6 is 0 Å². The second-order valence-corrected chi connectivity index (χ2v) is 6.71. The summed E-state index contributed by atoms with van der Waals surface area (Å²) in [7, 11) is 1.67. The number of aromatic nitrogens is 1. The topological polar surface area (TPSA) is 62.3 Å². The zero-order valence-corrected chi connectivity index (χ0v) is 14.3. The number of benzene rings is 1. The molecule has 0 radical (unpaired) electrons. The van der Waals surface area contributed by atoms with E-state index in [2.05, 4.69) is 25.8 Å². The van der Waals surface area contributed by atoms with Crippen LogP contribution < -0.4 is 10.3 Å². The minimum absolute atomic E-state index is 0.106. The lowest BCUT2D eigenvalue weighted by Gasteiger charge is -2.25. The summed E-state index contributed by atoms with van der Waals surface area (Å²) in [6, 6.07) is 7.67. The van der Waals surface area contributed by atoms with Crippen molar-refractivity contribution in [3.63, 3.8) is 0 Å². The van der Waals surface area contributed by atoms with Gasteiger partial charge in [0.2, 0.25) is 0 Å². The third kappa shape index (κ3) is 3.82. The molecule has 0 aliphatic rings. The maximum atomic E-state index is 12.1. The van der Waals surface area contributed by atoms with Crippen LogP contribution in [0, 0.1) is 0 Å². The van der Waals surface area contributed by atoms with Crippen molar-refractivity contribution < 1.29 is 9.84 Å². The van der Waals surface area contributed by atoms with E-state index in [4.69, 9.17) is 9.84 Å². The van der Waals surface area contributed by atoms with Gasteiger partial charge in [0.25, 0.3) is 5.56 Å². The average molecular weight is 315 g/mol. The smallest absolute Gasteiger partial charge is 0.255 e. The quantitative estimate of drug-likeness (QED) is 0.890. The standard InChI is InChI=1S/C19H25NO3/c1-19(2,3)16-12-14(15-8-5-9-20-18(15)22)11-13(7-6-10-21)17(16)23-4/h5,8-9,11-12,21H,6-7,10H2,1-4H3,(H,20,22). The number of aryl methyl sites for hydroxylation is 1. The SMILES string of the molecule is COc1c(CCCO)cc(-c2ccc[nH]c2=O)cc1C(C)(C)C. The minimum atomic E-state index is -0.114. The van der Waals surface area contributed by atoms with E-state index >= 15 is 0 Å². The highest BCUT2D eigenvalue weighted by Gasteiger charge is 2.23. The molecular formula is C19H25NO3. The van der Waals surface area contributed by atoms with Gasteiger partial charge in [-0.1, -0.05) is 20.8 Å². The third-order valence-corrected chi connectivity index (χ3v) is 3.91. The molecule has 0 bridgehead atoms. The lowest BCUT2D eigenvalue weighted by molar-refractivity contribution is 0.287. The van der Waals surface area contributed by atoms with Gasteiger partial charge >= 0.3 is 0 Å². The highest BCUT2D eigenvalue weighted by atomic mass is 16.5. The van der Waals surface area contributed by atoms with Crippen LogP contribution in [-0.2, 0) is 11.8 Å². The normalized spacial score (nSPS) is 11.5. The lowest BCUT2D eigenvalue weighted by atomic mass is 9.82. The summed E-state index contributed by atoms with van der Waals surface area (Å²) in [5.41, 5.74) is 3.39. The van der Waals surface area contributed by atoms with Gasteiger partial charge < -0.3 is 14.8 Å². The number of hydrogen-bond acceptors (Lipinski definition) is 3. The molecule has 1 aromatic heterocycles. The molecule has 2 aromatic rings. The summed E-state index contributed by atoms with van der Waals surface area (Å²) >= 11 is 0. The molecule has 2 N–H and O–H groups in total. The Bertz CT molecular complexity index is 726. The zero-order valence-electron chi connectivity index (χ0n) is 14.3. The van der Waals surface area contributed by atoms with Crippen LogP contribution in [0.4, 0.5) is 0 Å². The molecule has 1 aromatic carbocycles. The average Bonchev–Trinajstić information content (AvgIpc) is 2.51. The number of ether oxygens (including phenoxy) is 1. The van der Waals surface area contributed by atoms with Crippen LogP contribution in [0.1, 0.15) is 38.3 Å². The summed E-state index contributed by atoms with van der Waals surface area (Å²) < 4.78 is 5.65. The van der Waals surface area contributed by atoms with Gasteiger partial charge in [-0.3, -0.25) is 4.79 Å². The number of pyridine rings is 1. The van der Waals surface area contributed by atoms with Gasteiger partial charge in [0.05, 0.1) is 7.11 Å². The van der Waals surface area contributed by atoms with Crippen molar-refractivity contribution in [1.29, 1.82) is 0 Å². The lowest BCUT2D eigenvalue weighted by Crippen LogP contribution is -2.15. The fourth-order valence-electron chi connectivity index (χ4n) is 2.75. The van der Waals surface area contributed by atoms with Crippen molar-refractivity contribution >= 4 is 0 Å². The predicted octanol–water partition coefficient (Wildman–Crippen LogP) is 3.27. The number of rotatable bonds is 5. The Morgan fingerprint density at radius 2 is 2.00 bits per heavy atom. The second-order valence-electron chi connectivity index (χ2n) is 6.71. The van der Waals surface area contributed by atoms with Gasteiger partial charge in [-0.2, -0.15) is 0 Å². The Labute approximate surface area is 137 Å². The van der Waals surface area contributed by atoms with Crippen LogP contribution in [0.5, 0.6) is 5.75 Å². The number of nitrogens with one attached hydrogen (secondary N) is 1. The fraction of sp³-hybridized carbons (Fsp3) is 0.421. The van der Waals surface area contributed by atoms with Crippen molar-refractivity contribution in [2.75, 3.05) is 13.7 Å². The van der Waals surface area contributed by atoms with E-state index in [-0.39, 0.29) is 17.6 Å². The van der Waals surface area contributed by atoms with Gasteiger partial charge in [-0.05, 0) is 53.6 Å². The number of aromatic amines is 1. The van der Waals surface area contributed by atoms with E-state index in [1.54, 1.807) is 13.3 Å². The minimum Gasteiger partial charge on any atom is -0.496 e. The van der Waals surface area contributed by atoms with Gasteiger partial charge in [-0.15, -0.1) is 0 Å². The predicted molar refractivity (Wildman–Crippen MR) is 93.2 cm³/mol. The Balaban J connectivity index is 2.69. The summed E-state index contributed by atoms with van der Waals surface area (Å²) in [6.07, 6.45) is 3.00. The largest absolute Gasteiger partial charge is 0.496 e. The number of aliphatic hydroxyl groups is 1. The molecule has 0 unspecified atom stereocenters. The monoisotopic (exact) mass is 315 g/mol. The molecular weight excluding hydrogens is 290 g/mol. The molecule has 1 heterocycles. The van der Waals surface area contributed by atoms with Crippen LogP contribution in [0.2, 0.25) is 0 Å². The molecule has 2 rings (SSSR count). The first-order valence-electron chi connectivity index (χ1n) is 7.88. The molecule has 23 heavy (non-hydrogen) atoms. The van der Waals surface area contributed by atoms with Crippen molar-refractivity contribution in [2.24, 2.45) is 0 Å². The summed E-state index contributed by atoms with van der Waals surface area (Å²) in [4.78, 5) is 14.9. The van der Waals surface area contributed by atoms with E-state index in [0.717, 1.165) is 22.4 Å². The molecule has 0 aliphatic carbocycles. The Morgan fingerprint density at radius 1 is 1.26 bits per heavy atom. The maximum absolute atomic E-state index is 12.1. The van der Waals surface area contributed by atoms with Gasteiger partial charge in [0.15, 0.2) is 0 Å². The van der Waals surface area contributed by atoms with Gasteiger partial charge in [0.1, 0.15) is 5.75 Å². The van der Waals surface area contributed by atoms with E-state index in [1.807, 2.05) is 24.3 Å². The molecule has 0 aliphatic heterocycles. The van der Waals surface area contributed by atoms with E-state index in [0.29, 0.717) is 18.4 Å². The van der Waals surface area contributed by atoms with Gasteiger partial charge in [0, 0.05) is 23.9 Å². The molecule has 0 atom stereocenters. The van der Waals surface area contributed by atoms with Crippen LogP contribution in [0.3, 0.4) is 0 Å². The molecule has 0 saturated heterocycles. The first kappa shape index (κ1) is 17.3. The van der Waals surface area contributed by atoms with Crippen molar-refractivity contribution in [3.8, 4) is 16.9 Å². The molecule has 4 nitrogen and oxygen atoms in total. The second kappa shape index (κ2) is 7.01. The maximum Gasteiger partial charge on any atom is 0.255 e. The summed E-state index contributed by atoms with van der Waals surface area (Å²) in [5, 5.41) is 9.15. The third-order valence-electron chi connectivity index (χ3n) is 3.91. The molecule has 0 saturated carbocycles. The summed E-state index contributed by atoms with van der Waals surface area (Å²) in [5.74, 6) is 0.849. The van der Waals surface area contributed by atoms with Crippen LogP contribution in [-0.4, -0.2) is 23.8 Å². The molecule has 0 spiro atoms. The first-order chi connectivity index (χ1) is 10.9. The Hall–Kier alpha value is -2.07. The zero-order chi connectivity index (χ0) is 17.0. The highest BCUT2D eigenvalue weighted by molar-refractivity contribution is 5.67. The highest BCUT2D eigenvalue weighted by Crippen LogP contribution is 2.37. The van der Waals surface area contributed by atoms with Crippen LogP contribution in [0.15, 0.2) is 35.3 Å². The Kier molecular flexibility index (Phi) is 5.26. The van der Waals surface area contributed by atoms with Crippen LogP contribution in [0.25, 0.3) is 11.1 Å². The number of methoxy groups -OCH3 is 1. The van der Waals surface area contributed by atoms with Crippen molar-refractivity contribution in [2.45, 2.75) is 39.0 Å². The number of hydrogen-bond donors (Lipinski definition) is 2. The fourth-order valence-corrected chi connectivity index (χ4v) is 2.75. The number of H-pyrrole nitrogens is 1. The molecule has 0 fully saturated rings.